The molecule has 0 unspecified atom stereocenters. The molecule has 3 aromatic rings. The van der Waals surface area contributed by atoms with E-state index in [1.165, 1.54) is 20.5 Å². The number of thiophene rings is 1. The molecule has 0 aliphatic heterocycles. The highest BCUT2D eigenvalue weighted by Gasteiger charge is 2.10. The maximum atomic E-state index is 9.27. The molecule has 3 heteroatoms. The molecule has 0 aliphatic rings. The average molecular weight is 297 g/mol. The van der Waals surface area contributed by atoms with Gasteiger partial charge in [-0.2, -0.15) is 0 Å². The van der Waals surface area contributed by atoms with Crippen molar-refractivity contribution in [3.63, 3.8) is 0 Å². The van der Waals surface area contributed by atoms with Crippen molar-refractivity contribution < 1.29 is 5.11 Å². The van der Waals surface area contributed by atoms with E-state index in [1.807, 2.05) is 29.5 Å². The van der Waals surface area contributed by atoms with Gasteiger partial charge in [-0.05, 0) is 29.5 Å². The van der Waals surface area contributed by atoms with Crippen molar-refractivity contribution in [3.05, 3.63) is 71.1 Å². The van der Waals surface area contributed by atoms with Crippen LogP contribution in [0.4, 0.5) is 0 Å². The SMILES string of the molecule is OCC[C@@H](NCc1cc2ccccc2s1)c1ccccc1. The molecule has 21 heavy (non-hydrogen) atoms. The van der Waals surface area contributed by atoms with Crippen molar-refractivity contribution in [1.29, 1.82) is 0 Å². The Bertz CT molecular complexity index is 660. The number of fused-ring (bicyclic) bond motifs is 1. The first-order chi connectivity index (χ1) is 10.4. The van der Waals surface area contributed by atoms with Gasteiger partial charge < -0.3 is 10.4 Å². The summed E-state index contributed by atoms with van der Waals surface area (Å²) in [7, 11) is 0. The van der Waals surface area contributed by atoms with Crippen molar-refractivity contribution in [2.24, 2.45) is 0 Å². The molecular formula is C18H19NOS. The summed E-state index contributed by atoms with van der Waals surface area (Å²) in [4.78, 5) is 1.33. The van der Waals surface area contributed by atoms with Gasteiger partial charge in [0.05, 0.1) is 0 Å². The van der Waals surface area contributed by atoms with Gasteiger partial charge in [0.25, 0.3) is 0 Å². The van der Waals surface area contributed by atoms with Crippen molar-refractivity contribution in [2.75, 3.05) is 6.61 Å². The summed E-state index contributed by atoms with van der Waals surface area (Å²) in [6, 6.07) is 21.2. The van der Waals surface area contributed by atoms with Crippen LogP contribution in [0.15, 0.2) is 60.7 Å². The first-order valence-electron chi connectivity index (χ1n) is 7.23. The van der Waals surface area contributed by atoms with Gasteiger partial charge in [0.2, 0.25) is 0 Å². The second kappa shape index (κ2) is 6.85. The molecule has 0 spiro atoms. The largest absolute Gasteiger partial charge is 0.396 e. The number of hydrogen-bond donors (Lipinski definition) is 2. The van der Waals surface area contributed by atoms with Crippen LogP contribution in [0.1, 0.15) is 22.9 Å². The fourth-order valence-corrected chi connectivity index (χ4v) is 3.56. The minimum atomic E-state index is 0.193. The van der Waals surface area contributed by atoms with E-state index in [0.717, 1.165) is 13.0 Å². The van der Waals surface area contributed by atoms with Crippen LogP contribution in [0.5, 0.6) is 0 Å². The monoisotopic (exact) mass is 297 g/mol. The van der Waals surface area contributed by atoms with E-state index >= 15 is 0 Å². The molecule has 0 amide bonds. The van der Waals surface area contributed by atoms with Crippen LogP contribution < -0.4 is 5.32 Å². The second-order valence-corrected chi connectivity index (χ2v) is 6.28. The molecule has 2 nitrogen and oxygen atoms in total. The van der Waals surface area contributed by atoms with Crippen molar-refractivity contribution in [3.8, 4) is 0 Å². The van der Waals surface area contributed by atoms with Gasteiger partial charge in [-0.25, -0.2) is 0 Å². The summed E-state index contributed by atoms with van der Waals surface area (Å²) >= 11 is 1.83. The van der Waals surface area contributed by atoms with E-state index in [9.17, 15) is 5.11 Å². The van der Waals surface area contributed by atoms with Crippen LogP contribution in [0.2, 0.25) is 0 Å². The van der Waals surface area contributed by atoms with Crippen molar-refractivity contribution >= 4 is 21.4 Å². The standard InChI is InChI=1S/C18H19NOS/c20-11-10-17(14-6-2-1-3-7-14)19-13-16-12-15-8-4-5-9-18(15)21-16/h1-9,12,17,19-20H,10-11,13H2/t17-/m1/s1. The fourth-order valence-electron chi connectivity index (χ4n) is 2.55. The molecule has 0 saturated carbocycles. The molecule has 1 atom stereocenters. The Morgan fingerprint density at radius 3 is 2.52 bits per heavy atom. The Kier molecular flexibility index (Phi) is 4.65. The molecular weight excluding hydrogens is 278 g/mol. The number of nitrogens with one attached hydrogen (secondary N) is 1. The molecule has 0 radical (unpaired) electrons. The van der Waals surface area contributed by atoms with Crippen LogP contribution >= 0.6 is 11.3 Å². The number of rotatable bonds is 6. The van der Waals surface area contributed by atoms with Gasteiger partial charge in [-0.1, -0.05) is 48.5 Å². The highest BCUT2D eigenvalue weighted by molar-refractivity contribution is 7.19. The first kappa shape index (κ1) is 14.3. The van der Waals surface area contributed by atoms with Gasteiger partial charge in [-0.3, -0.25) is 0 Å². The minimum absolute atomic E-state index is 0.193. The topological polar surface area (TPSA) is 32.3 Å². The predicted octanol–water partition coefficient (Wildman–Crippen LogP) is 4.11. The molecule has 3 rings (SSSR count). The van der Waals surface area contributed by atoms with E-state index in [-0.39, 0.29) is 12.6 Å². The molecule has 2 aromatic carbocycles. The van der Waals surface area contributed by atoms with Crippen LogP contribution in [-0.2, 0) is 6.54 Å². The summed E-state index contributed by atoms with van der Waals surface area (Å²) in [5.74, 6) is 0. The lowest BCUT2D eigenvalue weighted by Crippen LogP contribution is -2.21. The van der Waals surface area contributed by atoms with Gasteiger partial charge in [0, 0.05) is 28.8 Å². The van der Waals surface area contributed by atoms with Gasteiger partial charge in [-0.15, -0.1) is 11.3 Å². The zero-order chi connectivity index (χ0) is 14.5. The Hall–Kier alpha value is -1.68. The van der Waals surface area contributed by atoms with Gasteiger partial charge in [0.15, 0.2) is 0 Å². The lowest BCUT2D eigenvalue weighted by molar-refractivity contribution is 0.265. The lowest BCUT2D eigenvalue weighted by Gasteiger charge is -2.17. The highest BCUT2D eigenvalue weighted by atomic mass is 32.1. The minimum Gasteiger partial charge on any atom is -0.396 e. The average Bonchev–Trinajstić information content (AvgIpc) is 2.95. The first-order valence-corrected chi connectivity index (χ1v) is 8.05. The third-order valence-electron chi connectivity index (χ3n) is 3.62. The summed E-state index contributed by atoms with van der Waals surface area (Å²) in [5.41, 5.74) is 1.23. The van der Waals surface area contributed by atoms with Crippen molar-refractivity contribution in [2.45, 2.75) is 19.0 Å². The summed E-state index contributed by atoms with van der Waals surface area (Å²) < 4.78 is 1.33. The zero-order valence-corrected chi connectivity index (χ0v) is 12.6. The van der Waals surface area contributed by atoms with Crippen molar-refractivity contribution in [1.82, 2.24) is 5.32 Å². The summed E-state index contributed by atoms with van der Waals surface area (Å²) in [6.45, 7) is 1.03. The summed E-state index contributed by atoms with van der Waals surface area (Å²) in [6.07, 6.45) is 0.731. The van der Waals surface area contributed by atoms with E-state index in [2.05, 4.69) is 47.8 Å². The Morgan fingerprint density at radius 2 is 1.76 bits per heavy atom. The molecule has 1 heterocycles. The quantitative estimate of drug-likeness (QED) is 0.717. The smallest absolute Gasteiger partial charge is 0.0449 e. The molecule has 1 aromatic heterocycles. The van der Waals surface area contributed by atoms with E-state index in [1.54, 1.807) is 0 Å². The third-order valence-corrected chi connectivity index (χ3v) is 4.74. The number of aliphatic hydroxyl groups excluding tert-OH is 1. The van der Waals surface area contributed by atoms with Gasteiger partial charge >= 0.3 is 0 Å². The Morgan fingerprint density at radius 1 is 1.00 bits per heavy atom. The van der Waals surface area contributed by atoms with E-state index in [4.69, 9.17) is 0 Å². The number of hydrogen-bond acceptors (Lipinski definition) is 3. The predicted molar refractivity (Wildman–Crippen MR) is 89.6 cm³/mol. The maximum Gasteiger partial charge on any atom is 0.0449 e. The zero-order valence-electron chi connectivity index (χ0n) is 11.8. The summed E-state index contributed by atoms with van der Waals surface area (Å²) in [5, 5.41) is 14.1. The van der Waals surface area contributed by atoms with E-state index < -0.39 is 0 Å². The normalized spacial score (nSPS) is 12.6. The van der Waals surface area contributed by atoms with Crippen LogP contribution in [0.25, 0.3) is 10.1 Å². The fraction of sp³-hybridized carbons (Fsp3) is 0.222. The third kappa shape index (κ3) is 3.50. The van der Waals surface area contributed by atoms with Crippen LogP contribution in [0, 0.1) is 0 Å². The Labute approximate surface area is 129 Å². The molecule has 0 bridgehead atoms. The number of benzene rings is 2. The molecule has 0 fully saturated rings. The second-order valence-electron chi connectivity index (χ2n) is 5.11. The molecule has 108 valence electrons. The van der Waals surface area contributed by atoms with Crippen LogP contribution in [0.3, 0.4) is 0 Å². The number of aliphatic hydroxyl groups is 1. The molecule has 0 aliphatic carbocycles. The highest BCUT2D eigenvalue weighted by Crippen LogP contribution is 2.26. The lowest BCUT2D eigenvalue weighted by atomic mass is 10.0. The Balaban J connectivity index is 1.71. The molecule has 2 N–H and O–H groups in total. The van der Waals surface area contributed by atoms with Crippen LogP contribution in [-0.4, -0.2) is 11.7 Å². The molecule has 0 saturated heterocycles. The van der Waals surface area contributed by atoms with Gasteiger partial charge in [0.1, 0.15) is 0 Å². The maximum absolute atomic E-state index is 9.27. The van der Waals surface area contributed by atoms with E-state index in [0.29, 0.717) is 0 Å².